The van der Waals surface area contributed by atoms with Crippen LogP contribution in [0.15, 0.2) is 42.6 Å². The fourth-order valence-electron chi connectivity index (χ4n) is 3.46. The molecule has 3 atom stereocenters. The molecule has 1 fully saturated rings. The number of aliphatic hydroxyl groups excluding tert-OH is 2. The maximum atomic E-state index is 10.2. The van der Waals surface area contributed by atoms with E-state index in [4.69, 9.17) is 9.72 Å². The van der Waals surface area contributed by atoms with E-state index in [1.54, 1.807) is 6.20 Å². The van der Waals surface area contributed by atoms with E-state index < -0.39 is 18.4 Å². The summed E-state index contributed by atoms with van der Waals surface area (Å²) in [6.07, 6.45) is 0.419. The number of hydrogen-bond acceptors (Lipinski definition) is 6. The molecule has 4 rings (SSSR count). The van der Waals surface area contributed by atoms with Crippen LogP contribution < -0.4 is 5.32 Å². The first-order valence-electron chi connectivity index (χ1n) is 8.72. The number of pyridine rings is 1. The molecule has 3 N–H and O–H groups in total. The summed E-state index contributed by atoms with van der Waals surface area (Å²) in [5, 5.41) is 22.8. The fourth-order valence-corrected chi connectivity index (χ4v) is 3.46. The minimum atomic E-state index is -0.709. The van der Waals surface area contributed by atoms with Crippen molar-refractivity contribution >= 4 is 11.0 Å². The van der Waals surface area contributed by atoms with Crippen molar-refractivity contribution < 1.29 is 14.9 Å². The predicted molar refractivity (Wildman–Crippen MR) is 97.3 cm³/mol. The third-order valence-electron chi connectivity index (χ3n) is 4.70. The van der Waals surface area contributed by atoms with Crippen LogP contribution in [0.3, 0.4) is 0 Å². The molecular formula is C19H22N4O3. The molecule has 3 aromatic rings. The summed E-state index contributed by atoms with van der Waals surface area (Å²) in [5.74, 6) is 0.693. The Hall–Kier alpha value is -2.32. The van der Waals surface area contributed by atoms with E-state index in [-0.39, 0.29) is 6.61 Å². The maximum absolute atomic E-state index is 10.2. The number of fused-ring (bicyclic) bond motifs is 1. The lowest BCUT2D eigenvalue weighted by Crippen LogP contribution is -2.24. The van der Waals surface area contributed by atoms with Crippen LogP contribution in [0.25, 0.3) is 22.6 Å². The Balaban J connectivity index is 1.87. The van der Waals surface area contributed by atoms with Crippen molar-refractivity contribution in [3.63, 3.8) is 0 Å². The van der Waals surface area contributed by atoms with Crippen LogP contribution >= 0.6 is 0 Å². The molecule has 0 spiro atoms. The molecule has 26 heavy (non-hydrogen) atoms. The lowest BCUT2D eigenvalue weighted by Gasteiger charge is -2.17. The van der Waals surface area contributed by atoms with Gasteiger partial charge in [-0.2, -0.15) is 0 Å². The molecule has 2 aromatic heterocycles. The SMILES string of the molecule is CNCc1ccc2nc(-c3ccccn3)n([C@@H]3CC(O)[C@@H](CO)O3)c2c1. The molecule has 1 aliphatic heterocycles. The molecule has 1 aromatic carbocycles. The van der Waals surface area contributed by atoms with Gasteiger partial charge < -0.3 is 20.3 Å². The minimum absolute atomic E-state index is 0.214. The van der Waals surface area contributed by atoms with Crippen LogP contribution in [0.2, 0.25) is 0 Å². The highest BCUT2D eigenvalue weighted by molar-refractivity contribution is 5.81. The number of aliphatic hydroxyl groups is 2. The summed E-state index contributed by atoms with van der Waals surface area (Å²) >= 11 is 0. The van der Waals surface area contributed by atoms with Crippen LogP contribution in [0.1, 0.15) is 18.2 Å². The van der Waals surface area contributed by atoms with Crippen LogP contribution in [0.4, 0.5) is 0 Å². The smallest absolute Gasteiger partial charge is 0.161 e. The summed E-state index contributed by atoms with van der Waals surface area (Å²) in [7, 11) is 1.91. The first-order chi connectivity index (χ1) is 12.7. The molecule has 7 nitrogen and oxygen atoms in total. The number of hydrogen-bond donors (Lipinski definition) is 3. The first-order valence-corrected chi connectivity index (χ1v) is 8.72. The third kappa shape index (κ3) is 2.99. The Kier molecular flexibility index (Phi) is 4.69. The van der Waals surface area contributed by atoms with Crippen LogP contribution in [-0.4, -0.2) is 50.6 Å². The van der Waals surface area contributed by atoms with Gasteiger partial charge in [-0.25, -0.2) is 4.98 Å². The Morgan fingerprint density at radius 3 is 2.88 bits per heavy atom. The largest absolute Gasteiger partial charge is 0.394 e. The van der Waals surface area contributed by atoms with E-state index >= 15 is 0 Å². The highest BCUT2D eigenvalue weighted by Crippen LogP contribution is 2.35. The van der Waals surface area contributed by atoms with Crippen LogP contribution in [0, 0.1) is 0 Å². The minimum Gasteiger partial charge on any atom is -0.394 e. The van der Waals surface area contributed by atoms with E-state index in [1.807, 2.05) is 41.9 Å². The number of rotatable bonds is 5. The van der Waals surface area contributed by atoms with Crippen molar-refractivity contribution in [1.82, 2.24) is 19.9 Å². The second-order valence-electron chi connectivity index (χ2n) is 6.49. The zero-order valence-electron chi connectivity index (χ0n) is 14.5. The average Bonchev–Trinajstić information content (AvgIpc) is 3.22. The van der Waals surface area contributed by atoms with Gasteiger partial charge in [0.2, 0.25) is 0 Å². The number of imidazole rings is 1. The summed E-state index contributed by atoms with van der Waals surface area (Å²) in [5.41, 5.74) is 3.64. The van der Waals surface area contributed by atoms with Gasteiger partial charge in [-0.3, -0.25) is 9.55 Å². The molecule has 1 saturated heterocycles. The van der Waals surface area contributed by atoms with Crippen molar-refractivity contribution in [2.24, 2.45) is 0 Å². The number of nitrogens with zero attached hydrogens (tertiary/aromatic N) is 3. The molecule has 0 radical (unpaired) electrons. The monoisotopic (exact) mass is 354 g/mol. The zero-order chi connectivity index (χ0) is 18.1. The highest BCUT2D eigenvalue weighted by Gasteiger charge is 2.36. The van der Waals surface area contributed by atoms with Gasteiger partial charge >= 0.3 is 0 Å². The van der Waals surface area contributed by atoms with Crippen molar-refractivity contribution in [3.8, 4) is 11.5 Å². The second kappa shape index (κ2) is 7.13. The molecular weight excluding hydrogens is 332 g/mol. The van der Waals surface area contributed by atoms with Gasteiger partial charge in [-0.1, -0.05) is 12.1 Å². The normalized spacial score (nSPS) is 23.0. The van der Waals surface area contributed by atoms with Crippen molar-refractivity contribution in [1.29, 1.82) is 0 Å². The molecule has 136 valence electrons. The number of nitrogens with one attached hydrogen (secondary N) is 1. The van der Waals surface area contributed by atoms with Gasteiger partial charge in [0.25, 0.3) is 0 Å². The first kappa shape index (κ1) is 17.1. The standard InChI is InChI=1S/C19H22N4O3/c1-20-10-12-5-6-13-15(8-12)23(18-9-16(25)17(11-24)26-18)19(22-13)14-4-2-3-7-21-14/h2-8,16-18,20,24-25H,9-11H2,1H3/t16?,17-,18+/m1/s1. The molecule has 0 bridgehead atoms. The van der Waals surface area contributed by atoms with Crippen molar-refractivity contribution in [3.05, 3.63) is 48.2 Å². The Bertz CT molecular complexity index is 896. The number of benzene rings is 1. The van der Waals surface area contributed by atoms with E-state index in [0.717, 1.165) is 28.8 Å². The highest BCUT2D eigenvalue weighted by atomic mass is 16.5. The topological polar surface area (TPSA) is 92.4 Å². The molecule has 0 amide bonds. The van der Waals surface area contributed by atoms with E-state index in [0.29, 0.717) is 12.2 Å². The summed E-state index contributed by atoms with van der Waals surface area (Å²) in [4.78, 5) is 9.19. The van der Waals surface area contributed by atoms with Crippen molar-refractivity contribution in [2.45, 2.75) is 31.4 Å². The molecule has 1 aliphatic rings. The van der Waals surface area contributed by atoms with Crippen LogP contribution in [-0.2, 0) is 11.3 Å². The molecule has 0 aliphatic carbocycles. The summed E-state index contributed by atoms with van der Waals surface area (Å²) in [6.45, 7) is 0.529. The van der Waals surface area contributed by atoms with Gasteiger partial charge in [-0.05, 0) is 36.9 Å². The number of aromatic nitrogens is 3. The molecule has 7 heteroatoms. The second-order valence-corrected chi connectivity index (χ2v) is 6.49. The zero-order valence-corrected chi connectivity index (χ0v) is 14.5. The van der Waals surface area contributed by atoms with Gasteiger partial charge in [0, 0.05) is 19.2 Å². The summed E-state index contributed by atoms with van der Waals surface area (Å²) in [6, 6.07) is 11.8. The van der Waals surface area contributed by atoms with Gasteiger partial charge in [0.15, 0.2) is 5.82 Å². The lowest BCUT2D eigenvalue weighted by atomic mass is 10.1. The molecule has 1 unspecified atom stereocenters. The van der Waals surface area contributed by atoms with Gasteiger partial charge in [0.05, 0.1) is 23.7 Å². The quantitative estimate of drug-likeness (QED) is 0.642. The Morgan fingerprint density at radius 2 is 2.19 bits per heavy atom. The van der Waals surface area contributed by atoms with Gasteiger partial charge in [-0.15, -0.1) is 0 Å². The summed E-state index contributed by atoms with van der Waals surface area (Å²) < 4.78 is 7.90. The predicted octanol–water partition coefficient (Wildman–Crippen LogP) is 1.46. The molecule has 3 heterocycles. The van der Waals surface area contributed by atoms with Crippen LogP contribution in [0.5, 0.6) is 0 Å². The van der Waals surface area contributed by atoms with E-state index in [2.05, 4.69) is 16.4 Å². The van der Waals surface area contributed by atoms with Crippen molar-refractivity contribution in [2.75, 3.05) is 13.7 Å². The Morgan fingerprint density at radius 1 is 1.31 bits per heavy atom. The maximum Gasteiger partial charge on any atom is 0.161 e. The average molecular weight is 354 g/mol. The fraction of sp³-hybridized carbons (Fsp3) is 0.368. The third-order valence-corrected chi connectivity index (χ3v) is 4.70. The van der Waals surface area contributed by atoms with Gasteiger partial charge in [0.1, 0.15) is 18.0 Å². The lowest BCUT2D eigenvalue weighted by molar-refractivity contribution is -0.0425. The Labute approximate surface area is 151 Å². The number of ether oxygens (including phenoxy) is 1. The van der Waals surface area contributed by atoms with E-state index in [9.17, 15) is 10.2 Å². The van der Waals surface area contributed by atoms with E-state index in [1.165, 1.54) is 0 Å². The molecule has 0 saturated carbocycles.